The summed E-state index contributed by atoms with van der Waals surface area (Å²) in [5, 5.41) is 13.4. The molecule has 30 heavy (non-hydrogen) atoms. The highest BCUT2D eigenvalue weighted by Crippen LogP contribution is 2.44. The first kappa shape index (κ1) is 20.3. The average Bonchev–Trinajstić information content (AvgIpc) is 3.43. The summed E-state index contributed by atoms with van der Waals surface area (Å²) in [4.78, 5) is 33.7. The molecule has 0 radical (unpaired) electrons. The molecule has 1 amide bonds. The fraction of sp³-hybridized carbons (Fsp3) is 0.227. The van der Waals surface area contributed by atoms with Gasteiger partial charge in [0, 0.05) is 15.3 Å². The second-order valence-electron chi connectivity index (χ2n) is 6.78. The molecule has 0 spiro atoms. The summed E-state index contributed by atoms with van der Waals surface area (Å²) in [5.41, 5.74) is 1.33. The normalized spacial score (nSPS) is 18.2. The van der Waals surface area contributed by atoms with Crippen molar-refractivity contribution >= 4 is 45.3 Å². The van der Waals surface area contributed by atoms with Crippen LogP contribution in [-0.2, 0) is 9.59 Å². The summed E-state index contributed by atoms with van der Waals surface area (Å²) in [6.45, 7) is 6.21. The standard InChI is InChI=1S/C22H20N2O4S2/c1-4-28-15-9-7-14(8-10-15)19(25)17-18(16-6-5-11-29-16)24(21(27)20(17)26)22-23-12(2)13(3)30-22/h5-11,18,25H,4H2,1-3H3/b19-17+/t18-/m1/s1. The van der Waals surface area contributed by atoms with Gasteiger partial charge in [0.15, 0.2) is 5.13 Å². The number of Topliss-reactive ketones (excluding diaryl/α,β-unsaturated/α-hetero) is 1. The summed E-state index contributed by atoms with van der Waals surface area (Å²) in [6.07, 6.45) is 0. The van der Waals surface area contributed by atoms with Crippen LogP contribution in [0.3, 0.4) is 0 Å². The van der Waals surface area contributed by atoms with Gasteiger partial charge < -0.3 is 9.84 Å². The predicted molar refractivity (Wildman–Crippen MR) is 118 cm³/mol. The monoisotopic (exact) mass is 440 g/mol. The number of hydrogen-bond acceptors (Lipinski definition) is 7. The highest BCUT2D eigenvalue weighted by molar-refractivity contribution is 7.16. The first-order valence-electron chi connectivity index (χ1n) is 9.44. The van der Waals surface area contributed by atoms with Crippen LogP contribution in [0.5, 0.6) is 5.75 Å². The Morgan fingerprint density at radius 3 is 2.50 bits per heavy atom. The summed E-state index contributed by atoms with van der Waals surface area (Å²) in [7, 11) is 0. The van der Waals surface area contributed by atoms with Gasteiger partial charge >= 0.3 is 5.91 Å². The maximum absolute atomic E-state index is 13.0. The Morgan fingerprint density at radius 1 is 1.20 bits per heavy atom. The van der Waals surface area contributed by atoms with Gasteiger partial charge in [-0.1, -0.05) is 6.07 Å². The Balaban J connectivity index is 1.86. The zero-order valence-electron chi connectivity index (χ0n) is 16.7. The van der Waals surface area contributed by atoms with Gasteiger partial charge in [-0.25, -0.2) is 4.98 Å². The predicted octanol–water partition coefficient (Wildman–Crippen LogP) is 4.85. The van der Waals surface area contributed by atoms with Gasteiger partial charge in [0.1, 0.15) is 17.6 Å². The molecule has 4 rings (SSSR count). The average molecular weight is 441 g/mol. The number of hydrogen-bond donors (Lipinski definition) is 1. The highest BCUT2D eigenvalue weighted by atomic mass is 32.1. The van der Waals surface area contributed by atoms with Crippen LogP contribution in [0.25, 0.3) is 5.76 Å². The van der Waals surface area contributed by atoms with Crippen LogP contribution in [0.2, 0.25) is 0 Å². The Hall–Kier alpha value is -2.97. The number of amides is 1. The number of aromatic nitrogens is 1. The van der Waals surface area contributed by atoms with E-state index in [1.165, 1.54) is 27.6 Å². The van der Waals surface area contributed by atoms with E-state index in [-0.39, 0.29) is 11.3 Å². The van der Waals surface area contributed by atoms with Gasteiger partial charge in [0.05, 0.1) is 17.9 Å². The van der Waals surface area contributed by atoms with Crippen LogP contribution in [0, 0.1) is 13.8 Å². The summed E-state index contributed by atoms with van der Waals surface area (Å²) in [6, 6.07) is 9.79. The van der Waals surface area contributed by atoms with E-state index in [1.54, 1.807) is 24.3 Å². The molecule has 0 unspecified atom stereocenters. The van der Waals surface area contributed by atoms with Crippen molar-refractivity contribution in [2.45, 2.75) is 26.8 Å². The van der Waals surface area contributed by atoms with Crippen LogP contribution < -0.4 is 9.64 Å². The van der Waals surface area contributed by atoms with Crippen molar-refractivity contribution in [1.82, 2.24) is 4.98 Å². The summed E-state index contributed by atoms with van der Waals surface area (Å²) >= 11 is 2.79. The van der Waals surface area contributed by atoms with E-state index < -0.39 is 17.7 Å². The van der Waals surface area contributed by atoms with E-state index in [4.69, 9.17) is 4.74 Å². The molecule has 3 aromatic rings. The third-order valence-electron chi connectivity index (χ3n) is 4.92. The van der Waals surface area contributed by atoms with Crippen LogP contribution in [0.4, 0.5) is 5.13 Å². The van der Waals surface area contributed by atoms with Crippen LogP contribution >= 0.6 is 22.7 Å². The third-order valence-corrected chi connectivity index (χ3v) is 6.92. The number of anilines is 1. The minimum atomic E-state index is -0.721. The quantitative estimate of drug-likeness (QED) is 0.349. The molecule has 0 saturated carbocycles. The Bertz CT molecular complexity index is 1110. The number of benzene rings is 1. The molecule has 154 valence electrons. The van der Waals surface area contributed by atoms with Gasteiger partial charge in [-0.2, -0.15) is 0 Å². The smallest absolute Gasteiger partial charge is 0.301 e. The number of thiazole rings is 1. The van der Waals surface area contributed by atoms with E-state index >= 15 is 0 Å². The number of ether oxygens (including phenoxy) is 1. The number of nitrogens with zero attached hydrogens (tertiary/aromatic N) is 2. The molecule has 1 aliphatic rings. The lowest BCUT2D eigenvalue weighted by Gasteiger charge is -2.21. The maximum Gasteiger partial charge on any atom is 0.301 e. The number of carbonyl (C=O) groups excluding carboxylic acids is 2. The van der Waals surface area contributed by atoms with Gasteiger partial charge in [-0.3, -0.25) is 14.5 Å². The molecule has 0 aliphatic carbocycles. The Labute approximate surface area is 182 Å². The molecule has 1 fully saturated rings. The van der Waals surface area contributed by atoms with Crippen molar-refractivity contribution in [3.63, 3.8) is 0 Å². The number of aliphatic hydroxyl groups is 1. The van der Waals surface area contributed by atoms with Crippen LogP contribution in [0.1, 0.15) is 34.0 Å². The fourth-order valence-electron chi connectivity index (χ4n) is 3.34. The van der Waals surface area contributed by atoms with E-state index in [0.717, 1.165) is 15.4 Å². The number of ketones is 1. The van der Waals surface area contributed by atoms with Gasteiger partial charge in [0.25, 0.3) is 5.78 Å². The number of thiophene rings is 1. The molecule has 8 heteroatoms. The molecular formula is C22H20N2O4S2. The van der Waals surface area contributed by atoms with Crippen molar-refractivity contribution < 1.29 is 19.4 Å². The Kier molecular flexibility index (Phi) is 5.44. The molecule has 1 saturated heterocycles. The van der Waals surface area contributed by atoms with Gasteiger partial charge in [-0.05, 0) is 56.5 Å². The fourth-order valence-corrected chi connectivity index (χ4v) is 5.10. The second-order valence-corrected chi connectivity index (χ2v) is 8.94. The molecule has 6 nitrogen and oxygen atoms in total. The number of carbonyl (C=O) groups is 2. The van der Waals surface area contributed by atoms with Crippen molar-refractivity contribution in [3.05, 3.63) is 68.4 Å². The SMILES string of the molecule is CCOc1ccc(/C(O)=C2\C(=O)C(=O)N(c3nc(C)c(C)s3)[C@@H]2c2cccs2)cc1. The molecule has 0 bridgehead atoms. The van der Waals surface area contributed by atoms with Crippen LogP contribution in [0.15, 0.2) is 47.4 Å². The molecule has 1 N–H and O–H groups in total. The topological polar surface area (TPSA) is 79.7 Å². The largest absolute Gasteiger partial charge is 0.507 e. The number of aryl methyl sites for hydroxylation is 2. The first-order chi connectivity index (χ1) is 14.4. The molecular weight excluding hydrogens is 420 g/mol. The Morgan fingerprint density at radius 2 is 1.93 bits per heavy atom. The lowest BCUT2D eigenvalue weighted by atomic mass is 10.00. The molecule has 1 aliphatic heterocycles. The van der Waals surface area contributed by atoms with Crippen molar-refractivity contribution in [3.8, 4) is 5.75 Å². The van der Waals surface area contributed by atoms with E-state index in [1.807, 2.05) is 38.3 Å². The van der Waals surface area contributed by atoms with Crippen molar-refractivity contribution in [1.29, 1.82) is 0 Å². The molecule has 2 aromatic heterocycles. The number of aliphatic hydroxyl groups excluding tert-OH is 1. The summed E-state index contributed by atoms with van der Waals surface area (Å²) < 4.78 is 5.44. The van der Waals surface area contributed by atoms with Crippen molar-refractivity contribution in [2.75, 3.05) is 11.5 Å². The van der Waals surface area contributed by atoms with Gasteiger partial charge in [-0.15, -0.1) is 22.7 Å². The van der Waals surface area contributed by atoms with Crippen LogP contribution in [-0.4, -0.2) is 28.4 Å². The zero-order valence-corrected chi connectivity index (χ0v) is 18.3. The van der Waals surface area contributed by atoms with E-state index in [0.29, 0.717) is 23.1 Å². The number of rotatable bonds is 5. The summed E-state index contributed by atoms with van der Waals surface area (Å²) in [5.74, 6) is -0.944. The van der Waals surface area contributed by atoms with E-state index in [9.17, 15) is 14.7 Å². The third kappa shape index (κ3) is 3.42. The van der Waals surface area contributed by atoms with E-state index in [2.05, 4.69) is 4.98 Å². The van der Waals surface area contributed by atoms with Crippen molar-refractivity contribution in [2.24, 2.45) is 0 Å². The second kappa shape index (κ2) is 8.04. The first-order valence-corrected chi connectivity index (χ1v) is 11.1. The lowest BCUT2D eigenvalue weighted by molar-refractivity contribution is -0.132. The maximum atomic E-state index is 13.0. The minimum absolute atomic E-state index is 0.0668. The molecule has 1 atom stereocenters. The molecule has 1 aromatic carbocycles. The van der Waals surface area contributed by atoms with Gasteiger partial charge in [0.2, 0.25) is 0 Å². The lowest BCUT2D eigenvalue weighted by Crippen LogP contribution is -2.29. The molecule has 3 heterocycles. The zero-order chi connectivity index (χ0) is 21.4. The highest BCUT2D eigenvalue weighted by Gasteiger charge is 2.48. The minimum Gasteiger partial charge on any atom is -0.507 e.